The monoisotopic (exact) mass is 357 g/mol. The van der Waals surface area contributed by atoms with Crippen LogP contribution in [0.3, 0.4) is 0 Å². The van der Waals surface area contributed by atoms with Crippen LogP contribution < -0.4 is 0 Å². The van der Waals surface area contributed by atoms with Crippen LogP contribution in [0.15, 0.2) is 79.6 Å². The van der Waals surface area contributed by atoms with E-state index in [-0.39, 0.29) is 6.04 Å². The Hall–Kier alpha value is -3.21. The van der Waals surface area contributed by atoms with Gasteiger partial charge >= 0.3 is 0 Å². The zero-order valence-corrected chi connectivity index (χ0v) is 15.4. The van der Waals surface area contributed by atoms with Crippen LogP contribution in [0.25, 0.3) is 11.3 Å². The first-order valence-electron chi connectivity index (χ1n) is 9.28. The Morgan fingerprint density at radius 2 is 1.63 bits per heavy atom. The highest BCUT2D eigenvalue weighted by molar-refractivity contribution is 5.61. The number of hydrogen-bond acceptors (Lipinski definition) is 3. The zero-order chi connectivity index (χ0) is 18.5. The summed E-state index contributed by atoms with van der Waals surface area (Å²) < 4.78 is 4.15. The lowest BCUT2D eigenvalue weighted by atomic mass is 10.0. The summed E-state index contributed by atoms with van der Waals surface area (Å²) in [6.07, 6.45) is 7.23. The predicted molar refractivity (Wildman–Crippen MR) is 106 cm³/mol. The zero-order valence-electron chi connectivity index (χ0n) is 15.4. The van der Waals surface area contributed by atoms with E-state index < -0.39 is 0 Å². The van der Waals surface area contributed by atoms with Crippen molar-refractivity contribution in [3.63, 3.8) is 0 Å². The number of rotatable bonds is 7. The molecule has 0 N–H and O–H groups in total. The summed E-state index contributed by atoms with van der Waals surface area (Å²) >= 11 is 0. The molecule has 0 aliphatic rings. The number of hydrogen-bond donors (Lipinski definition) is 0. The topological polar surface area (TPSA) is 48.5 Å². The first-order valence-corrected chi connectivity index (χ1v) is 9.28. The van der Waals surface area contributed by atoms with Gasteiger partial charge in [-0.2, -0.15) is 5.10 Å². The van der Waals surface area contributed by atoms with E-state index in [1.807, 2.05) is 17.1 Å². The summed E-state index contributed by atoms with van der Waals surface area (Å²) in [6.45, 7) is 2.96. The molecule has 2 heterocycles. The van der Waals surface area contributed by atoms with E-state index in [0.29, 0.717) is 0 Å². The van der Waals surface area contributed by atoms with Gasteiger partial charge in [0, 0.05) is 17.8 Å². The third-order valence-corrected chi connectivity index (χ3v) is 4.84. The maximum Gasteiger partial charge on any atom is 0.137 e. The van der Waals surface area contributed by atoms with Gasteiger partial charge in [-0.3, -0.25) is 0 Å². The standard InChI is InChI=1S/C22H23N5/c1-18(27-16-23-15-25-27)14-26-17-24-22(20-10-6-3-7-11-20)21(26)13-12-19-8-4-2-5-9-19/h2-11,15-18H,12-14H2,1H3. The lowest BCUT2D eigenvalue weighted by Gasteiger charge is -2.16. The highest BCUT2D eigenvalue weighted by Gasteiger charge is 2.15. The molecule has 5 nitrogen and oxygen atoms in total. The minimum Gasteiger partial charge on any atom is -0.332 e. The van der Waals surface area contributed by atoms with E-state index in [1.165, 1.54) is 11.3 Å². The van der Waals surface area contributed by atoms with Crippen LogP contribution in [0.1, 0.15) is 24.2 Å². The molecule has 0 radical (unpaired) electrons. The van der Waals surface area contributed by atoms with Gasteiger partial charge in [0.05, 0.1) is 18.1 Å². The highest BCUT2D eigenvalue weighted by Crippen LogP contribution is 2.24. The maximum absolute atomic E-state index is 4.75. The fraction of sp³-hybridized carbons (Fsp3) is 0.227. The minimum atomic E-state index is 0.209. The molecule has 1 unspecified atom stereocenters. The number of aromatic nitrogens is 5. The van der Waals surface area contributed by atoms with E-state index in [9.17, 15) is 0 Å². The van der Waals surface area contributed by atoms with Crippen molar-refractivity contribution in [2.45, 2.75) is 32.4 Å². The highest BCUT2D eigenvalue weighted by atomic mass is 15.3. The van der Waals surface area contributed by atoms with Crippen molar-refractivity contribution in [2.75, 3.05) is 0 Å². The van der Waals surface area contributed by atoms with Gasteiger partial charge in [-0.25, -0.2) is 14.6 Å². The average Bonchev–Trinajstić information content (AvgIpc) is 3.38. The summed E-state index contributed by atoms with van der Waals surface area (Å²) in [5.74, 6) is 0. The van der Waals surface area contributed by atoms with Crippen LogP contribution >= 0.6 is 0 Å². The van der Waals surface area contributed by atoms with Gasteiger partial charge in [-0.1, -0.05) is 60.7 Å². The van der Waals surface area contributed by atoms with Gasteiger partial charge in [-0.15, -0.1) is 0 Å². The Morgan fingerprint density at radius 3 is 2.33 bits per heavy atom. The summed E-state index contributed by atoms with van der Waals surface area (Å²) in [4.78, 5) is 8.81. The van der Waals surface area contributed by atoms with E-state index in [0.717, 1.165) is 30.6 Å². The molecule has 2 aromatic heterocycles. The van der Waals surface area contributed by atoms with Crippen molar-refractivity contribution in [3.8, 4) is 11.3 Å². The van der Waals surface area contributed by atoms with Gasteiger partial charge in [0.1, 0.15) is 12.7 Å². The summed E-state index contributed by atoms with van der Waals surface area (Å²) in [6, 6.07) is 21.2. The maximum atomic E-state index is 4.75. The van der Waals surface area contributed by atoms with Gasteiger partial charge in [0.2, 0.25) is 0 Å². The number of imidazole rings is 1. The largest absolute Gasteiger partial charge is 0.332 e. The molecule has 0 saturated heterocycles. The molecule has 0 aliphatic carbocycles. The second-order valence-corrected chi connectivity index (χ2v) is 6.77. The van der Waals surface area contributed by atoms with Crippen LogP contribution in [0, 0.1) is 0 Å². The fourth-order valence-corrected chi connectivity index (χ4v) is 3.38. The van der Waals surface area contributed by atoms with E-state index in [1.54, 1.807) is 12.7 Å². The molecule has 27 heavy (non-hydrogen) atoms. The molecule has 5 heteroatoms. The molecule has 0 amide bonds. The molecule has 4 aromatic rings. The molecule has 4 rings (SSSR count). The molecular weight excluding hydrogens is 334 g/mol. The van der Waals surface area contributed by atoms with Crippen LogP contribution in [0.5, 0.6) is 0 Å². The van der Waals surface area contributed by atoms with E-state index in [4.69, 9.17) is 4.98 Å². The molecular formula is C22H23N5. The number of aryl methyl sites for hydroxylation is 1. The minimum absolute atomic E-state index is 0.209. The Bertz CT molecular complexity index is 959. The molecule has 0 aliphatic heterocycles. The van der Waals surface area contributed by atoms with Crippen molar-refractivity contribution in [1.82, 2.24) is 24.3 Å². The van der Waals surface area contributed by atoms with Crippen molar-refractivity contribution in [1.29, 1.82) is 0 Å². The number of benzene rings is 2. The second-order valence-electron chi connectivity index (χ2n) is 6.77. The van der Waals surface area contributed by atoms with Crippen molar-refractivity contribution in [3.05, 3.63) is 90.9 Å². The smallest absolute Gasteiger partial charge is 0.137 e. The van der Waals surface area contributed by atoms with Gasteiger partial charge in [0.15, 0.2) is 0 Å². The molecule has 0 saturated carbocycles. The van der Waals surface area contributed by atoms with Crippen LogP contribution in [-0.4, -0.2) is 24.3 Å². The van der Waals surface area contributed by atoms with E-state index >= 15 is 0 Å². The lowest BCUT2D eigenvalue weighted by molar-refractivity contribution is 0.419. The van der Waals surface area contributed by atoms with Crippen molar-refractivity contribution in [2.24, 2.45) is 0 Å². The Balaban J connectivity index is 1.63. The fourth-order valence-electron chi connectivity index (χ4n) is 3.38. The van der Waals surface area contributed by atoms with Crippen LogP contribution in [-0.2, 0) is 19.4 Å². The van der Waals surface area contributed by atoms with Crippen molar-refractivity contribution >= 4 is 0 Å². The lowest BCUT2D eigenvalue weighted by Crippen LogP contribution is -2.15. The SMILES string of the molecule is CC(Cn1cnc(-c2ccccc2)c1CCc1ccccc1)n1cncn1. The molecule has 0 fully saturated rings. The first-order chi connectivity index (χ1) is 13.3. The Labute approximate surface area is 159 Å². The first kappa shape index (κ1) is 17.2. The normalized spacial score (nSPS) is 12.2. The third kappa shape index (κ3) is 3.97. The number of nitrogens with zero attached hydrogens (tertiary/aromatic N) is 5. The average molecular weight is 357 g/mol. The quantitative estimate of drug-likeness (QED) is 0.498. The Kier molecular flexibility index (Phi) is 5.10. The molecule has 1 atom stereocenters. The summed E-state index contributed by atoms with van der Waals surface area (Å²) in [5.41, 5.74) is 4.83. The summed E-state index contributed by atoms with van der Waals surface area (Å²) in [5, 5.41) is 4.27. The van der Waals surface area contributed by atoms with Gasteiger partial charge in [0.25, 0.3) is 0 Å². The third-order valence-electron chi connectivity index (χ3n) is 4.84. The Morgan fingerprint density at radius 1 is 0.889 bits per heavy atom. The molecule has 0 spiro atoms. The molecule has 136 valence electrons. The predicted octanol–water partition coefficient (Wildman–Crippen LogP) is 4.19. The van der Waals surface area contributed by atoms with Crippen LogP contribution in [0.4, 0.5) is 0 Å². The second kappa shape index (κ2) is 7.99. The molecule has 0 bridgehead atoms. The van der Waals surface area contributed by atoms with Gasteiger partial charge < -0.3 is 4.57 Å². The van der Waals surface area contributed by atoms with E-state index in [2.05, 4.69) is 76.2 Å². The van der Waals surface area contributed by atoms with Crippen LogP contribution in [0.2, 0.25) is 0 Å². The van der Waals surface area contributed by atoms with Gasteiger partial charge in [-0.05, 0) is 25.3 Å². The van der Waals surface area contributed by atoms with Crippen molar-refractivity contribution < 1.29 is 0 Å². The molecule has 2 aromatic carbocycles. The summed E-state index contributed by atoms with van der Waals surface area (Å²) in [7, 11) is 0.